The monoisotopic (exact) mass is 605 g/mol. The minimum Gasteiger partial charge on any atom is -0.493 e. The number of piperidine rings is 1. The third-order valence-corrected chi connectivity index (χ3v) is 7.88. The van der Waals surface area contributed by atoms with Gasteiger partial charge in [0.25, 0.3) is 15.9 Å². The molecule has 1 aliphatic rings. The summed E-state index contributed by atoms with van der Waals surface area (Å²) in [6, 6.07) is 6.60. The predicted octanol–water partition coefficient (Wildman–Crippen LogP) is 4.27. The van der Waals surface area contributed by atoms with Gasteiger partial charge in [-0.1, -0.05) is 0 Å². The number of ether oxygens (including phenoxy) is 2. The zero-order valence-electron chi connectivity index (χ0n) is 21.8. The van der Waals surface area contributed by atoms with E-state index < -0.39 is 45.8 Å². The van der Waals surface area contributed by atoms with E-state index in [1.165, 1.54) is 26.6 Å². The molecule has 0 unspecified atom stereocenters. The van der Waals surface area contributed by atoms with Gasteiger partial charge in [0.15, 0.2) is 11.5 Å². The number of anilines is 3. The van der Waals surface area contributed by atoms with E-state index in [2.05, 4.69) is 20.1 Å². The Hall–Kier alpha value is -3.99. The van der Waals surface area contributed by atoms with E-state index in [0.717, 1.165) is 12.1 Å². The number of rotatable bonds is 8. The molecule has 11 nitrogen and oxygen atoms in total. The number of carbonyl (C=O) groups is 1. The smallest absolute Gasteiger partial charge is 0.492 e. The number of nitrogens with zero attached hydrogens (tertiary/aromatic N) is 4. The lowest BCUT2D eigenvalue weighted by atomic mass is 10.1. The largest absolute Gasteiger partial charge is 0.493 e. The molecule has 2 heterocycles. The zero-order valence-corrected chi connectivity index (χ0v) is 22.6. The molecule has 17 heteroatoms. The standard InChI is InChI=1S/C24H24F5N5O6S/c1-33(40-22(35)24(27,28)29)41(36,37)14-4-5-18(34-8-6-23(25,26)7-9-34)17(10-14)32-21-15-11-19(38-2)20(39-3)12-16(15)30-13-31-21/h4-5,10-13H,6-9H2,1-3H3,(H,30,31,32). The minimum atomic E-state index is -5.44. The van der Waals surface area contributed by atoms with Crippen LogP contribution in [-0.4, -0.2) is 75.3 Å². The maximum absolute atomic E-state index is 13.9. The molecule has 0 spiro atoms. The molecule has 0 atom stereocenters. The molecule has 222 valence electrons. The van der Waals surface area contributed by atoms with Crippen molar-refractivity contribution in [1.82, 2.24) is 14.4 Å². The van der Waals surface area contributed by atoms with Gasteiger partial charge in [0.2, 0.25) is 0 Å². The zero-order chi connectivity index (χ0) is 30.2. The fourth-order valence-electron chi connectivity index (χ4n) is 4.10. The van der Waals surface area contributed by atoms with E-state index in [1.807, 2.05) is 0 Å². The maximum Gasteiger partial charge on any atom is 0.492 e. The lowest BCUT2D eigenvalue weighted by Crippen LogP contribution is -2.39. The number of hydrogen-bond acceptors (Lipinski definition) is 10. The molecule has 1 fully saturated rings. The fraction of sp³-hybridized carbons (Fsp3) is 0.375. The van der Waals surface area contributed by atoms with Gasteiger partial charge in [0, 0.05) is 44.4 Å². The van der Waals surface area contributed by atoms with Crippen LogP contribution in [0.4, 0.5) is 39.1 Å². The molecule has 0 amide bonds. The van der Waals surface area contributed by atoms with Crippen LogP contribution in [0.15, 0.2) is 41.6 Å². The van der Waals surface area contributed by atoms with E-state index in [0.29, 0.717) is 35.1 Å². The average Bonchev–Trinajstić information content (AvgIpc) is 2.92. The van der Waals surface area contributed by atoms with Crippen LogP contribution in [-0.2, 0) is 19.7 Å². The summed E-state index contributed by atoms with van der Waals surface area (Å²) in [5.74, 6) is -4.71. The number of benzene rings is 2. The van der Waals surface area contributed by atoms with Crippen molar-refractivity contribution < 1.29 is 49.5 Å². The second-order valence-electron chi connectivity index (χ2n) is 8.88. The molecule has 4 rings (SSSR count). The molecule has 1 aliphatic heterocycles. The summed E-state index contributed by atoms with van der Waals surface area (Å²) >= 11 is 0. The number of hydroxylamine groups is 1. The summed E-state index contributed by atoms with van der Waals surface area (Å²) in [6.45, 7) is -0.126. The Kier molecular flexibility index (Phi) is 8.13. The number of methoxy groups -OCH3 is 2. The first-order valence-corrected chi connectivity index (χ1v) is 13.3. The summed E-state index contributed by atoms with van der Waals surface area (Å²) in [4.78, 5) is 24.7. The second kappa shape index (κ2) is 11.1. The molecule has 0 aliphatic carbocycles. The minimum absolute atomic E-state index is 0.0631. The molecular formula is C24H24F5N5O6S. The first kappa shape index (κ1) is 30.0. The quantitative estimate of drug-likeness (QED) is 0.294. The van der Waals surface area contributed by atoms with Gasteiger partial charge >= 0.3 is 12.1 Å². The highest BCUT2D eigenvalue weighted by Gasteiger charge is 2.44. The van der Waals surface area contributed by atoms with Crippen molar-refractivity contribution in [3.05, 3.63) is 36.7 Å². The molecule has 0 bridgehead atoms. The van der Waals surface area contributed by atoms with Crippen LogP contribution in [0.3, 0.4) is 0 Å². The summed E-state index contributed by atoms with van der Waals surface area (Å²) in [5.41, 5.74) is 0.810. The number of alkyl halides is 5. The molecule has 1 N–H and O–H groups in total. The third-order valence-electron chi connectivity index (χ3n) is 6.28. The Morgan fingerprint density at radius 2 is 1.68 bits per heavy atom. The van der Waals surface area contributed by atoms with Gasteiger partial charge in [0.1, 0.15) is 12.1 Å². The van der Waals surface area contributed by atoms with E-state index in [1.54, 1.807) is 17.0 Å². The Morgan fingerprint density at radius 3 is 2.29 bits per heavy atom. The van der Waals surface area contributed by atoms with Crippen molar-refractivity contribution in [2.24, 2.45) is 0 Å². The summed E-state index contributed by atoms with van der Waals surface area (Å²) in [7, 11) is -1.31. The second-order valence-corrected chi connectivity index (χ2v) is 10.8. The predicted molar refractivity (Wildman–Crippen MR) is 136 cm³/mol. The van der Waals surface area contributed by atoms with Crippen molar-refractivity contribution in [3.8, 4) is 11.5 Å². The van der Waals surface area contributed by atoms with Crippen LogP contribution in [0.5, 0.6) is 11.5 Å². The van der Waals surface area contributed by atoms with Crippen molar-refractivity contribution >= 4 is 44.1 Å². The number of hydrogen-bond donors (Lipinski definition) is 1. The number of carbonyl (C=O) groups excluding carboxylic acids is 1. The number of sulfonamides is 1. The maximum atomic E-state index is 13.9. The first-order chi connectivity index (χ1) is 19.2. The summed E-state index contributed by atoms with van der Waals surface area (Å²) < 4.78 is 102. The SMILES string of the molecule is COc1cc2ncnc(Nc3cc(S(=O)(=O)N(C)OC(=O)C(F)(F)F)ccc3N3CCC(F)(F)CC3)c2cc1OC. The van der Waals surface area contributed by atoms with Crippen LogP contribution in [0, 0.1) is 0 Å². The van der Waals surface area contributed by atoms with Crippen molar-refractivity contribution in [2.75, 3.05) is 44.6 Å². The van der Waals surface area contributed by atoms with Crippen LogP contribution >= 0.6 is 0 Å². The van der Waals surface area contributed by atoms with Gasteiger partial charge in [0.05, 0.1) is 36.0 Å². The van der Waals surface area contributed by atoms with Gasteiger partial charge in [-0.15, -0.1) is 0 Å². The number of nitrogens with one attached hydrogen (secondary N) is 1. The Bertz CT molecular complexity index is 1560. The van der Waals surface area contributed by atoms with Gasteiger partial charge in [-0.25, -0.2) is 32.0 Å². The summed E-state index contributed by atoms with van der Waals surface area (Å²) in [5, 5.41) is 3.41. The number of aromatic nitrogens is 2. The lowest BCUT2D eigenvalue weighted by molar-refractivity contribution is -0.219. The van der Waals surface area contributed by atoms with Gasteiger partial charge in [-0.05, 0) is 28.7 Å². The summed E-state index contributed by atoms with van der Waals surface area (Å²) in [6.07, 6.45) is -5.11. The molecule has 1 aromatic heterocycles. The van der Waals surface area contributed by atoms with E-state index in [4.69, 9.17) is 9.47 Å². The van der Waals surface area contributed by atoms with Crippen LogP contribution < -0.4 is 19.7 Å². The van der Waals surface area contributed by atoms with E-state index >= 15 is 0 Å². The molecule has 0 radical (unpaired) electrons. The fourth-order valence-corrected chi connectivity index (χ4v) is 5.07. The van der Waals surface area contributed by atoms with E-state index in [-0.39, 0.29) is 29.1 Å². The van der Waals surface area contributed by atoms with E-state index in [9.17, 15) is 35.2 Å². The van der Waals surface area contributed by atoms with Crippen LogP contribution in [0.1, 0.15) is 12.8 Å². The number of fused-ring (bicyclic) bond motifs is 1. The molecule has 2 aromatic carbocycles. The normalized spacial score (nSPS) is 15.6. The topological polar surface area (TPSA) is 123 Å². The van der Waals surface area contributed by atoms with Crippen LogP contribution in [0.2, 0.25) is 0 Å². The Morgan fingerprint density at radius 1 is 1.05 bits per heavy atom. The molecular weight excluding hydrogens is 581 g/mol. The van der Waals surface area contributed by atoms with Crippen molar-refractivity contribution in [2.45, 2.75) is 29.8 Å². The number of halogens is 5. The lowest BCUT2D eigenvalue weighted by Gasteiger charge is -2.34. The van der Waals surface area contributed by atoms with Crippen LogP contribution in [0.25, 0.3) is 10.9 Å². The average molecular weight is 606 g/mol. The molecule has 0 saturated carbocycles. The van der Waals surface area contributed by atoms with Crippen molar-refractivity contribution in [1.29, 1.82) is 0 Å². The molecule has 1 saturated heterocycles. The van der Waals surface area contributed by atoms with Gasteiger partial charge < -0.3 is 24.5 Å². The molecule has 3 aromatic rings. The van der Waals surface area contributed by atoms with Gasteiger partial charge in [-0.3, -0.25) is 0 Å². The highest BCUT2D eigenvalue weighted by molar-refractivity contribution is 7.89. The highest BCUT2D eigenvalue weighted by Crippen LogP contribution is 2.39. The molecule has 41 heavy (non-hydrogen) atoms. The van der Waals surface area contributed by atoms with Gasteiger partial charge in [-0.2, -0.15) is 13.2 Å². The Labute approximate surface area is 230 Å². The third kappa shape index (κ3) is 6.35. The first-order valence-electron chi connectivity index (χ1n) is 11.8. The Balaban J connectivity index is 1.79. The highest BCUT2D eigenvalue weighted by atomic mass is 32.2. The van der Waals surface area contributed by atoms with Crippen molar-refractivity contribution in [3.63, 3.8) is 0 Å².